The molecular weight excluding hydrogens is 274 g/mol. The highest BCUT2D eigenvalue weighted by Crippen LogP contribution is 2.24. The molecular formula is C15H21NO5. The topological polar surface area (TPSA) is 84.9 Å². The fraction of sp³-hybridized carbons (Fsp3) is 0.467. The van der Waals surface area contributed by atoms with Gasteiger partial charge in [-0.15, -0.1) is 0 Å². The number of aliphatic carboxylic acids is 1. The van der Waals surface area contributed by atoms with Gasteiger partial charge in [0, 0.05) is 7.11 Å². The lowest BCUT2D eigenvalue weighted by Crippen LogP contribution is -2.39. The van der Waals surface area contributed by atoms with E-state index in [1.807, 2.05) is 32.9 Å². The standard InChI is InChI=1S/C15H21NO5/c1-9-5-10(2)14(11(3)6-9)21-8-13(17)16-7-12(20-4)15(18)19/h5-6,12H,7-8H2,1-4H3,(H,16,17)(H,18,19). The van der Waals surface area contributed by atoms with Gasteiger partial charge in [-0.1, -0.05) is 17.7 Å². The second kappa shape index (κ2) is 7.64. The highest BCUT2D eigenvalue weighted by atomic mass is 16.5. The first-order valence-corrected chi connectivity index (χ1v) is 6.58. The van der Waals surface area contributed by atoms with Gasteiger partial charge in [0.15, 0.2) is 12.7 Å². The second-order valence-corrected chi connectivity index (χ2v) is 4.88. The number of methoxy groups -OCH3 is 1. The predicted molar refractivity (Wildman–Crippen MR) is 77.6 cm³/mol. The Kier molecular flexibility index (Phi) is 6.17. The lowest BCUT2D eigenvalue weighted by Gasteiger charge is -2.14. The fourth-order valence-corrected chi connectivity index (χ4v) is 2.06. The van der Waals surface area contributed by atoms with Crippen molar-refractivity contribution in [1.29, 1.82) is 0 Å². The summed E-state index contributed by atoms with van der Waals surface area (Å²) >= 11 is 0. The van der Waals surface area contributed by atoms with E-state index in [4.69, 9.17) is 14.6 Å². The molecule has 1 atom stereocenters. The number of ether oxygens (including phenoxy) is 2. The van der Waals surface area contributed by atoms with Crippen LogP contribution in [0.1, 0.15) is 16.7 Å². The monoisotopic (exact) mass is 295 g/mol. The third-order valence-corrected chi connectivity index (χ3v) is 3.00. The normalized spacial score (nSPS) is 11.8. The highest BCUT2D eigenvalue weighted by Gasteiger charge is 2.17. The van der Waals surface area contributed by atoms with Crippen LogP contribution in [0, 0.1) is 20.8 Å². The van der Waals surface area contributed by atoms with Gasteiger partial charge >= 0.3 is 5.97 Å². The second-order valence-electron chi connectivity index (χ2n) is 4.88. The van der Waals surface area contributed by atoms with Gasteiger partial charge in [0.25, 0.3) is 5.91 Å². The molecule has 0 fully saturated rings. The van der Waals surface area contributed by atoms with Crippen molar-refractivity contribution in [2.45, 2.75) is 26.9 Å². The Labute approximate surface area is 124 Å². The summed E-state index contributed by atoms with van der Waals surface area (Å²) in [5, 5.41) is 11.3. The molecule has 6 nitrogen and oxygen atoms in total. The Morgan fingerprint density at radius 2 is 1.81 bits per heavy atom. The number of hydrogen-bond donors (Lipinski definition) is 2. The molecule has 0 spiro atoms. The van der Waals surface area contributed by atoms with Gasteiger partial charge in [0.05, 0.1) is 6.54 Å². The van der Waals surface area contributed by atoms with Gasteiger partial charge in [-0.05, 0) is 31.9 Å². The van der Waals surface area contributed by atoms with Crippen molar-refractivity contribution in [3.63, 3.8) is 0 Å². The third kappa shape index (κ3) is 5.07. The first kappa shape index (κ1) is 17.0. The van der Waals surface area contributed by atoms with E-state index >= 15 is 0 Å². The van der Waals surface area contributed by atoms with E-state index in [0.717, 1.165) is 16.7 Å². The Balaban J connectivity index is 2.52. The van der Waals surface area contributed by atoms with Gasteiger partial charge in [-0.25, -0.2) is 4.79 Å². The molecule has 1 unspecified atom stereocenters. The quantitative estimate of drug-likeness (QED) is 0.789. The molecule has 1 aromatic rings. The van der Waals surface area contributed by atoms with Crippen LogP contribution in [0.4, 0.5) is 0 Å². The first-order valence-electron chi connectivity index (χ1n) is 6.58. The van der Waals surface area contributed by atoms with Crippen molar-refractivity contribution in [3.8, 4) is 5.75 Å². The molecule has 0 radical (unpaired) electrons. The molecule has 6 heteroatoms. The van der Waals surface area contributed by atoms with E-state index in [2.05, 4.69) is 5.32 Å². The lowest BCUT2D eigenvalue weighted by atomic mass is 10.1. The number of carboxylic acids is 1. The van der Waals surface area contributed by atoms with Gasteiger partial charge in [0.2, 0.25) is 0 Å². The van der Waals surface area contributed by atoms with Crippen LogP contribution in [0.2, 0.25) is 0 Å². The first-order chi connectivity index (χ1) is 9.85. The summed E-state index contributed by atoms with van der Waals surface area (Å²) in [7, 11) is 1.28. The van der Waals surface area contributed by atoms with Gasteiger partial charge in [-0.3, -0.25) is 4.79 Å². The maximum Gasteiger partial charge on any atom is 0.334 e. The minimum Gasteiger partial charge on any atom is -0.483 e. The Bertz CT molecular complexity index is 504. The van der Waals surface area contributed by atoms with Crippen molar-refractivity contribution in [2.24, 2.45) is 0 Å². The number of rotatable bonds is 7. The summed E-state index contributed by atoms with van der Waals surface area (Å²) in [6.07, 6.45) is -1.06. The minimum atomic E-state index is -1.12. The molecule has 0 saturated carbocycles. The maximum atomic E-state index is 11.7. The lowest BCUT2D eigenvalue weighted by molar-refractivity contribution is -0.148. The molecule has 0 heterocycles. The number of aryl methyl sites for hydroxylation is 3. The van der Waals surface area contributed by atoms with Crippen molar-refractivity contribution < 1.29 is 24.2 Å². The smallest absolute Gasteiger partial charge is 0.334 e. The Morgan fingerprint density at radius 3 is 2.29 bits per heavy atom. The van der Waals surface area contributed by atoms with Crippen LogP contribution in [0.3, 0.4) is 0 Å². The van der Waals surface area contributed by atoms with Crippen molar-refractivity contribution in [1.82, 2.24) is 5.32 Å². The van der Waals surface area contributed by atoms with Crippen molar-refractivity contribution in [2.75, 3.05) is 20.3 Å². The largest absolute Gasteiger partial charge is 0.483 e. The van der Waals surface area contributed by atoms with E-state index in [0.29, 0.717) is 5.75 Å². The zero-order valence-electron chi connectivity index (χ0n) is 12.7. The van der Waals surface area contributed by atoms with E-state index in [1.54, 1.807) is 0 Å². The van der Waals surface area contributed by atoms with Gasteiger partial charge < -0.3 is 19.9 Å². The van der Waals surface area contributed by atoms with Gasteiger partial charge in [0.1, 0.15) is 5.75 Å². The number of hydrogen-bond acceptors (Lipinski definition) is 4. The molecule has 0 bridgehead atoms. The van der Waals surface area contributed by atoms with Crippen LogP contribution < -0.4 is 10.1 Å². The average molecular weight is 295 g/mol. The molecule has 1 rings (SSSR count). The molecule has 0 saturated heterocycles. The average Bonchev–Trinajstić information content (AvgIpc) is 2.37. The molecule has 0 aromatic heterocycles. The molecule has 116 valence electrons. The van der Waals surface area contributed by atoms with E-state index in [1.165, 1.54) is 7.11 Å². The summed E-state index contributed by atoms with van der Waals surface area (Å²) in [6, 6.07) is 3.96. The molecule has 0 aliphatic carbocycles. The van der Waals surface area contributed by atoms with Crippen molar-refractivity contribution in [3.05, 3.63) is 28.8 Å². The number of nitrogens with one attached hydrogen (secondary N) is 1. The van der Waals surface area contributed by atoms with Crippen LogP contribution in [0.5, 0.6) is 5.75 Å². The van der Waals surface area contributed by atoms with E-state index in [9.17, 15) is 9.59 Å². The number of carboxylic acid groups (broad SMARTS) is 1. The molecule has 0 aliphatic heterocycles. The number of carbonyl (C=O) groups is 2. The molecule has 1 amide bonds. The molecule has 21 heavy (non-hydrogen) atoms. The predicted octanol–water partition coefficient (Wildman–Crippen LogP) is 1.21. The van der Waals surface area contributed by atoms with E-state index < -0.39 is 18.0 Å². The Hall–Kier alpha value is -2.08. The van der Waals surface area contributed by atoms with Gasteiger partial charge in [-0.2, -0.15) is 0 Å². The van der Waals surface area contributed by atoms with Crippen LogP contribution in [-0.2, 0) is 14.3 Å². The summed E-state index contributed by atoms with van der Waals surface area (Å²) in [5.41, 5.74) is 3.05. The number of benzene rings is 1. The number of carbonyl (C=O) groups excluding carboxylic acids is 1. The SMILES string of the molecule is COC(CNC(=O)COc1c(C)cc(C)cc1C)C(=O)O. The van der Waals surface area contributed by atoms with Crippen LogP contribution >= 0.6 is 0 Å². The van der Waals surface area contributed by atoms with Crippen molar-refractivity contribution >= 4 is 11.9 Å². The summed E-state index contributed by atoms with van der Waals surface area (Å²) in [5.74, 6) is -0.834. The van der Waals surface area contributed by atoms with Crippen LogP contribution in [-0.4, -0.2) is 43.3 Å². The van der Waals surface area contributed by atoms with Crippen LogP contribution in [0.25, 0.3) is 0 Å². The summed E-state index contributed by atoms with van der Waals surface area (Å²) < 4.78 is 10.2. The highest BCUT2D eigenvalue weighted by molar-refractivity contribution is 5.79. The summed E-state index contributed by atoms with van der Waals surface area (Å²) in [6.45, 7) is 5.56. The molecule has 0 aliphatic rings. The third-order valence-electron chi connectivity index (χ3n) is 3.00. The van der Waals surface area contributed by atoms with E-state index in [-0.39, 0.29) is 13.2 Å². The number of amides is 1. The minimum absolute atomic E-state index is 0.0973. The zero-order chi connectivity index (χ0) is 16.0. The zero-order valence-corrected chi connectivity index (χ0v) is 12.7. The Morgan fingerprint density at radius 1 is 1.24 bits per heavy atom. The summed E-state index contributed by atoms with van der Waals surface area (Å²) in [4.78, 5) is 22.4. The fourth-order valence-electron chi connectivity index (χ4n) is 2.06. The molecule has 2 N–H and O–H groups in total. The molecule has 1 aromatic carbocycles. The van der Waals surface area contributed by atoms with Crippen LogP contribution in [0.15, 0.2) is 12.1 Å². The maximum absolute atomic E-state index is 11.7.